The SMILES string of the molecule is C=CCC(=O)C(OCC)C1CC1. The highest BCUT2D eigenvalue weighted by Crippen LogP contribution is 2.35. The van der Waals surface area contributed by atoms with Crippen LogP contribution in [0.5, 0.6) is 0 Å². The topological polar surface area (TPSA) is 26.3 Å². The van der Waals surface area contributed by atoms with Gasteiger partial charge in [-0.2, -0.15) is 0 Å². The second kappa shape index (κ2) is 4.41. The molecule has 1 atom stereocenters. The lowest BCUT2D eigenvalue weighted by Crippen LogP contribution is -2.25. The Bertz CT molecular complexity index is 171. The summed E-state index contributed by atoms with van der Waals surface area (Å²) in [5, 5.41) is 0. The lowest BCUT2D eigenvalue weighted by atomic mass is 10.1. The van der Waals surface area contributed by atoms with Crippen LogP contribution in [0, 0.1) is 5.92 Å². The molecule has 12 heavy (non-hydrogen) atoms. The summed E-state index contributed by atoms with van der Waals surface area (Å²) in [6, 6.07) is 0. The van der Waals surface area contributed by atoms with E-state index in [1.54, 1.807) is 6.08 Å². The molecule has 68 valence electrons. The highest BCUT2D eigenvalue weighted by molar-refractivity contribution is 5.84. The average Bonchev–Trinajstić information content (AvgIpc) is 2.83. The van der Waals surface area contributed by atoms with E-state index in [9.17, 15) is 4.79 Å². The summed E-state index contributed by atoms with van der Waals surface area (Å²) in [7, 11) is 0. The van der Waals surface area contributed by atoms with Crippen molar-refractivity contribution in [3.63, 3.8) is 0 Å². The Morgan fingerprint density at radius 2 is 2.42 bits per heavy atom. The van der Waals surface area contributed by atoms with Gasteiger partial charge in [0.1, 0.15) is 6.10 Å². The van der Waals surface area contributed by atoms with Gasteiger partial charge in [0.05, 0.1) is 0 Å². The van der Waals surface area contributed by atoms with Crippen LogP contribution in [0.3, 0.4) is 0 Å². The Morgan fingerprint density at radius 1 is 1.75 bits per heavy atom. The summed E-state index contributed by atoms with van der Waals surface area (Å²) in [6.45, 7) is 6.10. The van der Waals surface area contributed by atoms with Crippen molar-refractivity contribution in [1.82, 2.24) is 0 Å². The van der Waals surface area contributed by atoms with E-state index in [0.717, 1.165) is 12.8 Å². The third-order valence-corrected chi connectivity index (χ3v) is 2.06. The lowest BCUT2D eigenvalue weighted by molar-refractivity contribution is -0.130. The van der Waals surface area contributed by atoms with E-state index in [1.165, 1.54) is 0 Å². The van der Waals surface area contributed by atoms with Gasteiger partial charge < -0.3 is 4.74 Å². The molecule has 0 saturated heterocycles. The first-order valence-corrected chi connectivity index (χ1v) is 4.54. The molecule has 1 aliphatic carbocycles. The van der Waals surface area contributed by atoms with Crippen LogP contribution in [0.15, 0.2) is 12.7 Å². The monoisotopic (exact) mass is 168 g/mol. The van der Waals surface area contributed by atoms with Crippen LogP contribution in [0.25, 0.3) is 0 Å². The fourth-order valence-electron chi connectivity index (χ4n) is 1.33. The molecule has 0 aromatic heterocycles. The van der Waals surface area contributed by atoms with Crippen molar-refractivity contribution in [2.24, 2.45) is 5.92 Å². The van der Waals surface area contributed by atoms with Gasteiger partial charge in [-0.15, -0.1) is 6.58 Å². The van der Waals surface area contributed by atoms with Crippen molar-refractivity contribution >= 4 is 5.78 Å². The zero-order valence-corrected chi connectivity index (χ0v) is 7.58. The van der Waals surface area contributed by atoms with Gasteiger partial charge in [0.25, 0.3) is 0 Å². The molecule has 2 heteroatoms. The van der Waals surface area contributed by atoms with Crippen molar-refractivity contribution < 1.29 is 9.53 Å². The molecule has 0 radical (unpaired) electrons. The first-order valence-electron chi connectivity index (χ1n) is 4.54. The van der Waals surface area contributed by atoms with Gasteiger partial charge in [-0.3, -0.25) is 4.79 Å². The highest BCUT2D eigenvalue weighted by atomic mass is 16.5. The summed E-state index contributed by atoms with van der Waals surface area (Å²) in [6.07, 6.45) is 4.24. The predicted octanol–water partition coefficient (Wildman–Crippen LogP) is 1.95. The van der Waals surface area contributed by atoms with Crippen molar-refractivity contribution in [2.45, 2.75) is 32.3 Å². The number of rotatable bonds is 6. The number of ether oxygens (including phenoxy) is 1. The van der Waals surface area contributed by atoms with Crippen molar-refractivity contribution in [2.75, 3.05) is 6.61 Å². The van der Waals surface area contributed by atoms with Gasteiger partial charge in [-0.25, -0.2) is 0 Å². The van der Waals surface area contributed by atoms with E-state index in [-0.39, 0.29) is 11.9 Å². The van der Waals surface area contributed by atoms with Crippen LogP contribution in [-0.4, -0.2) is 18.5 Å². The molecule has 0 aliphatic heterocycles. The van der Waals surface area contributed by atoms with Crippen molar-refractivity contribution in [3.05, 3.63) is 12.7 Å². The molecule has 0 spiro atoms. The zero-order chi connectivity index (χ0) is 8.97. The summed E-state index contributed by atoms with van der Waals surface area (Å²) in [5.41, 5.74) is 0. The molecule has 0 aromatic carbocycles. The molecule has 0 N–H and O–H groups in total. The Labute approximate surface area is 73.6 Å². The maximum absolute atomic E-state index is 11.4. The van der Waals surface area contributed by atoms with Gasteiger partial charge in [-0.05, 0) is 25.7 Å². The molecule has 1 unspecified atom stereocenters. The second-order valence-corrected chi connectivity index (χ2v) is 3.17. The van der Waals surface area contributed by atoms with Crippen LogP contribution < -0.4 is 0 Å². The van der Waals surface area contributed by atoms with Crippen molar-refractivity contribution in [1.29, 1.82) is 0 Å². The van der Waals surface area contributed by atoms with E-state index >= 15 is 0 Å². The number of hydrogen-bond acceptors (Lipinski definition) is 2. The highest BCUT2D eigenvalue weighted by Gasteiger charge is 2.35. The first-order chi connectivity index (χ1) is 5.79. The smallest absolute Gasteiger partial charge is 0.165 e. The maximum atomic E-state index is 11.4. The average molecular weight is 168 g/mol. The van der Waals surface area contributed by atoms with Crippen LogP contribution in [0.4, 0.5) is 0 Å². The number of ketones is 1. The van der Waals surface area contributed by atoms with E-state index < -0.39 is 0 Å². The van der Waals surface area contributed by atoms with Gasteiger partial charge in [0, 0.05) is 13.0 Å². The number of carbonyl (C=O) groups is 1. The van der Waals surface area contributed by atoms with Gasteiger partial charge in [-0.1, -0.05) is 6.08 Å². The quantitative estimate of drug-likeness (QED) is 0.566. The van der Waals surface area contributed by atoms with E-state index in [0.29, 0.717) is 18.9 Å². The Kier molecular flexibility index (Phi) is 3.48. The molecule has 0 amide bonds. The number of Topliss-reactive ketones (excluding diaryl/α,β-unsaturated/α-hetero) is 1. The minimum absolute atomic E-state index is 0.145. The van der Waals surface area contributed by atoms with E-state index in [4.69, 9.17) is 4.74 Å². The molecule has 1 rings (SSSR count). The fourth-order valence-corrected chi connectivity index (χ4v) is 1.33. The minimum atomic E-state index is -0.145. The van der Waals surface area contributed by atoms with Crippen LogP contribution in [-0.2, 0) is 9.53 Å². The third kappa shape index (κ3) is 2.45. The van der Waals surface area contributed by atoms with Gasteiger partial charge in [0.2, 0.25) is 0 Å². The number of carbonyl (C=O) groups excluding carboxylic acids is 1. The molecule has 0 heterocycles. The molecule has 1 fully saturated rings. The Balaban J connectivity index is 2.39. The summed E-state index contributed by atoms with van der Waals surface area (Å²) in [5.74, 6) is 0.687. The lowest BCUT2D eigenvalue weighted by Gasteiger charge is -2.13. The van der Waals surface area contributed by atoms with E-state index in [1.807, 2.05) is 6.92 Å². The predicted molar refractivity (Wildman–Crippen MR) is 48.0 cm³/mol. The third-order valence-electron chi connectivity index (χ3n) is 2.06. The molecule has 1 saturated carbocycles. The van der Waals surface area contributed by atoms with E-state index in [2.05, 4.69) is 6.58 Å². The largest absolute Gasteiger partial charge is 0.370 e. The second-order valence-electron chi connectivity index (χ2n) is 3.17. The van der Waals surface area contributed by atoms with Gasteiger partial charge >= 0.3 is 0 Å². The summed E-state index contributed by atoms with van der Waals surface area (Å²) < 4.78 is 5.38. The molecule has 0 bridgehead atoms. The summed E-state index contributed by atoms with van der Waals surface area (Å²) >= 11 is 0. The number of hydrogen-bond donors (Lipinski definition) is 0. The Morgan fingerprint density at radius 3 is 2.83 bits per heavy atom. The summed E-state index contributed by atoms with van der Waals surface area (Å²) in [4.78, 5) is 11.4. The van der Waals surface area contributed by atoms with Crippen LogP contribution in [0.1, 0.15) is 26.2 Å². The molecule has 2 nitrogen and oxygen atoms in total. The Hall–Kier alpha value is -0.630. The molecular weight excluding hydrogens is 152 g/mol. The van der Waals surface area contributed by atoms with Gasteiger partial charge in [0.15, 0.2) is 5.78 Å². The minimum Gasteiger partial charge on any atom is -0.370 e. The molecule has 1 aliphatic rings. The molecule has 0 aromatic rings. The normalized spacial score (nSPS) is 18.8. The first kappa shape index (κ1) is 9.46. The zero-order valence-electron chi connectivity index (χ0n) is 7.58. The fraction of sp³-hybridized carbons (Fsp3) is 0.700. The van der Waals surface area contributed by atoms with Crippen LogP contribution in [0.2, 0.25) is 0 Å². The van der Waals surface area contributed by atoms with Crippen molar-refractivity contribution in [3.8, 4) is 0 Å². The standard InChI is InChI=1S/C10H16O2/c1-3-5-9(11)10(12-4-2)8-6-7-8/h3,8,10H,1,4-7H2,2H3. The maximum Gasteiger partial charge on any atom is 0.165 e. The number of allylic oxidation sites excluding steroid dienone is 1. The van der Waals surface area contributed by atoms with Crippen LogP contribution >= 0.6 is 0 Å². The molecular formula is C10H16O2.